The molecule has 0 saturated carbocycles. The van der Waals surface area contributed by atoms with Gasteiger partial charge in [-0.05, 0) is 0 Å². The Labute approximate surface area is 116 Å². The molecule has 0 saturated heterocycles. The third-order valence-electron chi connectivity index (χ3n) is 2.79. The second kappa shape index (κ2) is 4.73. The van der Waals surface area contributed by atoms with Crippen molar-refractivity contribution < 1.29 is 4.74 Å². The van der Waals surface area contributed by atoms with Gasteiger partial charge in [-0.2, -0.15) is 0 Å². The van der Waals surface area contributed by atoms with Crippen LogP contribution in [0.15, 0.2) is 48.5 Å². The summed E-state index contributed by atoms with van der Waals surface area (Å²) in [7, 11) is 1.71. The first-order valence-corrected chi connectivity index (χ1v) is 7.59. The minimum atomic E-state index is 0.153. The Morgan fingerprint density at radius 3 is 2.56 bits per heavy atom. The summed E-state index contributed by atoms with van der Waals surface area (Å²) in [6, 6.07) is 16.3. The molecule has 2 nitrogen and oxygen atoms in total. The topological polar surface area (TPSA) is 14.2 Å². The molecular formula is C14H11NOSSe. The normalized spacial score (nSPS) is 10.7. The SMILES string of the molecule is COc1cccc2c(=S)n(-c3ccccc3)[se]c12. The molecule has 18 heavy (non-hydrogen) atoms. The quantitative estimate of drug-likeness (QED) is 0.530. The van der Waals surface area contributed by atoms with Crippen molar-refractivity contribution in [1.29, 1.82) is 0 Å². The summed E-state index contributed by atoms with van der Waals surface area (Å²) < 4.78 is 9.76. The number of ether oxygens (including phenoxy) is 1. The first-order chi connectivity index (χ1) is 8.81. The van der Waals surface area contributed by atoms with E-state index in [1.807, 2.05) is 30.3 Å². The van der Waals surface area contributed by atoms with E-state index in [9.17, 15) is 0 Å². The van der Waals surface area contributed by atoms with Crippen LogP contribution in [0.3, 0.4) is 0 Å². The molecule has 0 atom stereocenters. The third-order valence-corrected chi connectivity index (χ3v) is 5.93. The zero-order valence-electron chi connectivity index (χ0n) is 9.79. The molecule has 0 spiro atoms. The molecule has 0 N–H and O–H groups in total. The second-order valence-corrected chi connectivity index (χ2v) is 6.26. The fourth-order valence-electron chi connectivity index (χ4n) is 1.91. The van der Waals surface area contributed by atoms with Crippen LogP contribution in [-0.4, -0.2) is 25.4 Å². The average Bonchev–Trinajstić information content (AvgIpc) is 2.77. The Morgan fingerprint density at radius 1 is 1.06 bits per heavy atom. The number of fused-ring (bicyclic) bond motifs is 1. The predicted molar refractivity (Wildman–Crippen MR) is 77.6 cm³/mol. The summed E-state index contributed by atoms with van der Waals surface area (Å²) in [5, 5.41) is 1.13. The van der Waals surface area contributed by atoms with Crippen molar-refractivity contribution in [2.24, 2.45) is 0 Å². The fourth-order valence-corrected chi connectivity index (χ4v) is 4.83. The fraction of sp³-hybridized carbons (Fsp3) is 0.0714. The Kier molecular flexibility index (Phi) is 3.08. The van der Waals surface area contributed by atoms with Gasteiger partial charge in [0.25, 0.3) is 0 Å². The molecule has 0 amide bonds. The van der Waals surface area contributed by atoms with Crippen LogP contribution in [0.2, 0.25) is 0 Å². The summed E-state index contributed by atoms with van der Waals surface area (Å²) in [4.78, 5) is 0. The first kappa shape index (κ1) is 11.7. The molecule has 2 aromatic carbocycles. The Hall–Kier alpha value is -1.35. The summed E-state index contributed by atoms with van der Waals surface area (Å²) in [6.45, 7) is 0. The van der Waals surface area contributed by atoms with E-state index >= 15 is 0 Å². The number of para-hydroxylation sites is 1. The van der Waals surface area contributed by atoms with E-state index in [0.29, 0.717) is 0 Å². The summed E-state index contributed by atoms with van der Waals surface area (Å²) in [5.74, 6) is 0.938. The van der Waals surface area contributed by atoms with Crippen molar-refractivity contribution >= 4 is 36.6 Å². The molecule has 3 aromatic rings. The van der Waals surface area contributed by atoms with E-state index in [1.165, 1.54) is 4.26 Å². The monoisotopic (exact) mass is 321 g/mol. The van der Waals surface area contributed by atoms with E-state index < -0.39 is 0 Å². The number of hydrogen-bond acceptors (Lipinski definition) is 2. The molecule has 0 aliphatic rings. The van der Waals surface area contributed by atoms with Gasteiger partial charge in [0.2, 0.25) is 0 Å². The summed E-state index contributed by atoms with van der Waals surface area (Å²) in [5.41, 5.74) is 1.15. The van der Waals surface area contributed by atoms with Gasteiger partial charge in [-0.15, -0.1) is 0 Å². The molecule has 0 radical (unpaired) electrons. The Bertz CT molecular complexity index is 745. The van der Waals surface area contributed by atoms with Gasteiger partial charge in [0.05, 0.1) is 0 Å². The number of hydrogen-bond donors (Lipinski definition) is 0. The standard InChI is InChI=1S/C14H11NOSSe/c1-16-12-9-5-8-11-13(12)18-15(14(11)17)10-6-3-2-4-7-10/h2-9H,1H3. The molecular weight excluding hydrogens is 309 g/mol. The maximum absolute atomic E-state index is 5.57. The van der Waals surface area contributed by atoms with Crippen LogP contribution in [0.25, 0.3) is 15.3 Å². The summed E-state index contributed by atoms with van der Waals surface area (Å²) in [6.07, 6.45) is 0. The molecule has 90 valence electrons. The Balaban J connectivity index is 2.33. The van der Waals surface area contributed by atoms with Crippen LogP contribution in [0.1, 0.15) is 0 Å². The average molecular weight is 320 g/mol. The molecule has 0 unspecified atom stereocenters. The van der Waals surface area contributed by atoms with Gasteiger partial charge in [0.15, 0.2) is 0 Å². The molecule has 1 aromatic heterocycles. The van der Waals surface area contributed by atoms with Crippen LogP contribution >= 0.6 is 12.2 Å². The van der Waals surface area contributed by atoms with E-state index in [4.69, 9.17) is 17.0 Å². The van der Waals surface area contributed by atoms with Crippen molar-refractivity contribution in [2.75, 3.05) is 7.11 Å². The minimum absolute atomic E-state index is 0.153. The number of methoxy groups -OCH3 is 1. The molecule has 0 fully saturated rings. The number of benzene rings is 2. The predicted octanol–water partition coefficient (Wildman–Crippen LogP) is 3.43. The van der Waals surface area contributed by atoms with E-state index in [2.05, 4.69) is 21.8 Å². The number of aromatic nitrogens is 1. The van der Waals surface area contributed by atoms with E-state index in [1.54, 1.807) is 7.11 Å². The van der Waals surface area contributed by atoms with E-state index in [-0.39, 0.29) is 14.7 Å². The van der Waals surface area contributed by atoms with Crippen molar-refractivity contribution in [3.8, 4) is 11.4 Å². The van der Waals surface area contributed by atoms with Gasteiger partial charge in [0, 0.05) is 0 Å². The molecule has 3 rings (SSSR count). The van der Waals surface area contributed by atoms with Gasteiger partial charge in [-0.1, -0.05) is 0 Å². The van der Waals surface area contributed by atoms with Crippen molar-refractivity contribution in [3.63, 3.8) is 0 Å². The molecule has 0 aliphatic heterocycles. The zero-order chi connectivity index (χ0) is 12.5. The van der Waals surface area contributed by atoms with Gasteiger partial charge < -0.3 is 0 Å². The van der Waals surface area contributed by atoms with Crippen LogP contribution < -0.4 is 4.74 Å². The van der Waals surface area contributed by atoms with Gasteiger partial charge in [0.1, 0.15) is 0 Å². The van der Waals surface area contributed by atoms with Crippen molar-refractivity contribution in [1.82, 2.24) is 3.56 Å². The van der Waals surface area contributed by atoms with Gasteiger partial charge in [-0.3, -0.25) is 0 Å². The van der Waals surface area contributed by atoms with Crippen molar-refractivity contribution in [3.05, 3.63) is 53.2 Å². The van der Waals surface area contributed by atoms with Crippen LogP contribution in [-0.2, 0) is 0 Å². The second-order valence-electron chi connectivity index (χ2n) is 3.86. The van der Waals surface area contributed by atoms with Gasteiger partial charge >= 0.3 is 117 Å². The van der Waals surface area contributed by atoms with Crippen molar-refractivity contribution in [2.45, 2.75) is 0 Å². The Morgan fingerprint density at radius 2 is 1.83 bits per heavy atom. The first-order valence-electron chi connectivity index (χ1n) is 5.56. The molecule has 0 aliphatic carbocycles. The molecule has 1 heterocycles. The third kappa shape index (κ3) is 1.83. The van der Waals surface area contributed by atoms with E-state index in [0.717, 1.165) is 21.5 Å². The van der Waals surface area contributed by atoms with Crippen LogP contribution in [0.5, 0.6) is 5.75 Å². The molecule has 0 bridgehead atoms. The summed E-state index contributed by atoms with van der Waals surface area (Å²) >= 11 is 5.72. The van der Waals surface area contributed by atoms with Crippen LogP contribution in [0, 0.1) is 4.64 Å². The number of nitrogens with zero attached hydrogens (tertiary/aromatic N) is 1. The maximum atomic E-state index is 5.57. The zero-order valence-corrected chi connectivity index (χ0v) is 12.3. The number of rotatable bonds is 2. The molecule has 4 heteroatoms. The van der Waals surface area contributed by atoms with Crippen LogP contribution in [0.4, 0.5) is 0 Å². The van der Waals surface area contributed by atoms with Gasteiger partial charge in [-0.25, -0.2) is 0 Å².